The Morgan fingerprint density at radius 1 is 1.40 bits per heavy atom. The van der Waals surface area contributed by atoms with E-state index in [1.807, 2.05) is 6.92 Å². The number of rotatable bonds is 9. The second-order valence-electron chi connectivity index (χ2n) is 6.35. The van der Waals surface area contributed by atoms with E-state index in [4.69, 9.17) is 0 Å². The van der Waals surface area contributed by atoms with Gasteiger partial charge < -0.3 is 10.4 Å². The monoisotopic (exact) mass is 284 g/mol. The lowest BCUT2D eigenvalue weighted by molar-refractivity contribution is -0.144. The number of aliphatic carboxylic acids is 1. The average molecular weight is 284 g/mol. The molecule has 0 aromatic heterocycles. The van der Waals surface area contributed by atoms with Crippen molar-refractivity contribution < 1.29 is 9.90 Å². The number of carbonyl (C=O) groups is 1. The van der Waals surface area contributed by atoms with Crippen LogP contribution in [0.15, 0.2) is 0 Å². The summed E-state index contributed by atoms with van der Waals surface area (Å²) in [4.78, 5) is 14.1. The summed E-state index contributed by atoms with van der Waals surface area (Å²) in [5, 5.41) is 12.8. The number of nitrogens with one attached hydrogen (secondary N) is 1. The van der Waals surface area contributed by atoms with Crippen LogP contribution in [0.3, 0.4) is 0 Å². The molecule has 0 aromatic rings. The first-order valence-corrected chi connectivity index (χ1v) is 8.21. The molecule has 0 radical (unpaired) electrons. The Bertz CT molecular complexity index is 307. The Labute approximate surface area is 123 Å². The van der Waals surface area contributed by atoms with Crippen LogP contribution in [0.5, 0.6) is 0 Å². The zero-order valence-corrected chi connectivity index (χ0v) is 13.6. The second-order valence-corrected chi connectivity index (χ2v) is 6.35. The van der Waals surface area contributed by atoms with Gasteiger partial charge in [0.25, 0.3) is 0 Å². The van der Waals surface area contributed by atoms with Crippen LogP contribution in [0.1, 0.15) is 66.2 Å². The maximum atomic E-state index is 11.6. The van der Waals surface area contributed by atoms with Gasteiger partial charge in [0.15, 0.2) is 0 Å². The first-order chi connectivity index (χ1) is 9.46. The van der Waals surface area contributed by atoms with Crippen molar-refractivity contribution in [1.29, 1.82) is 0 Å². The van der Waals surface area contributed by atoms with Crippen molar-refractivity contribution in [2.24, 2.45) is 0 Å². The molecule has 4 heteroatoms. The largest absolute Gasteiger partial charge is 0.480 e. The molecule has 0 heterocycles. The zero-order valence-electron chi connectivity index (χ0n) is 13.6. The summed E-state index contributed by atoms with van der Waals surface area (Å²) < 4.78 is 0. The highest BCUT2D eigenvalue weighted by molar-refractivity contribution is 5.79. The molecule has 20 heavy (non-hydrogen) atoms. The third-order valence-corrected chi connectivity index (χ3v) is 4.57. The van der Waals surface area contributed by atoms with Gasteiger partial charge in [0.1, 0.15) is 5.54 Å². The molecule has 1 saturated carbocycles. The highest BCUT2D eigenvalue weighted by Gasteiger charge is 2.46. The fourth-order valence-electron chi connectivity index (χ4n) is 3.48. The number of carboxylic acids is 1. The molecule has 118 valence electrons. The van der Waals surface area contributed by atoms with Crippen LogP contribution in [0.4, 0.5) is 0 Å². The van der Waals surface area contributed by atoms with Crippen LogP contribution in [0, 0.1) is 0 Å². The molecule has 0 amide bonds. The molecule has 4 nitrogen and oxygen atoms in total. The molecular formula is C16H32N2O2. The summed E-state index contributed by atoms with van der Waals surface area (Å²) in [5.74, 6) is -0.681. The minimum absolute atomic E-state index is 0.405. The third kappa shape index (κ3) is 4.19. The van der Waals surface area contributed by atoms with E-state index in [0.717, 1.165) is 32.4 Å². The van der Waals surface area contributed by atoms with E-state index in [2.05, 4.69) is 31.0 Å². The van der Waals surface area contributed by atoms with Crippen molar-refractivity contribution in [2.45, 2.75) is 83.8 Å². The van der Waals surface area contributed by atoms with Crippen molar-refractivity contribution in [2.75, 3.05) is 13.1 Å². The molecule has 0 spiro atoms. The lowest BCUT2D eigenvalue weighted by atomic mass is 9.97. The molecule has 0 aromatic carbocycles. The molecule has 0 bridgehead atoms. The molecule has 1 fully saturated rings. The summed E-state index contributed by atoms with van der Waals surface area (Å²) in [7, 11) is 0. The van der Waals surface area contributed by atoms with Gasteiger partial charge in [-0.15, -0.1) is 0 Å². The standard InChI is InChI=1S/C16H32N2O2/c1-5-7-8-11-18(13(3)4)14-9-10-16(12-14,15(19)20)17-6-2/h13-14,17H,5-12H2,1-4H3,(H,19,20). The van der Waals surface area contributed by atoms with Crippen molar-refractivity contribution in [3.05, 3.63) is 0 Å². The fraction of sp³-hybridized carbons (Fsp3) is 0.938. The van der Waals surface area contributed by atoms with Crippen LogP contribution in [0.25, 0.3) is 0 Å². The molecule has 1 aliphatic carbocycles. The molecule has 0 saturated heterocycles. The Morgan fingerprint density at radius 2 is 2.10 bits per heavy atom. The third-order valence-electron chi connectivity index (χ3n) is 4.57. The van der Waals surface area contributed by atoms with Gasteiger partial charge in [0, 0.05) is 12.1 Å². The van der Waals surface area contributed by atoms with Crippen molar-refractivity contribution >= 4 is 5.97 Å². The fourth-order valence-corrected chi connectivity index (χ4v) is 3.48. The summed E-state index contributed by atoms with van der Waals surface area (Å²) in [5.41, 5.74) is -0.697. The molecule has 1 aliphatic rings. The van der Waals surface area contributed by atoms with Crippen LogP contribution in [0.2, 0.25) is 0 Å². The lowest BCUT2D eigenvalue weighted by Gasteiger charge is -2.34. The van der Waals surface area contributed by atoms with Crippen molar-refractivity contribution in [1.82, 2.24) is 10.2 Å². The number of likely N-dealkylation sites (N-methyl/N-ethyl adjacent to an activating group) is 1. The molecule has 0 aliphatic heterocycles. The van der Waals surface area contributed by atoms with Crippen molar-refractivity contribution in [3.8, 4) is 0 Å². The van der Waals surface area contributed by atoms with Crippen LogP contribution >= 0.6 is 0 Å². The van der Waals surface area contributed by atoms with Gasteiger partial charge in [-0.3, -0.25) is 9.69 Å². The zero-order chi connectivity index (χ0) is 15.2. The highest BCUT2D eigenvalue weighted by Crippen LogP contribution is 2.34. The maximum absolute atomic E-state index is 11.6. The smallest absolute Gasteiger partial charge is 0.323 e. The summed E-state index contributed by atoms with van der Waals surface area (Å²) >= 11 is 0. The summed E-state index contributed by atoms with van der Waals surface area (Å²) in [6, 6.07) is 0.894. The summed E-state index contributed by atoms with van der Waals surface area (Å²) in [6.07, 6.45) is 6.18. The van der Waals surface area contributed by atoms with Gasteiger partial charge in [-0.2, -0.15) is 0 Å². The minimum atomic E-state index is -0.697. The van der Waals surface area contributed by atoms with Gasteiger partial charge in [0.2, 0.25) is 0 Å². The van der Waals surface area contributed by atoms with E-state index in [9.17, 15) is 9.90 Å². The van der Waals surface area contributed by atoms with Gasteiger partial charge in [0.05, 0.1) is 0 Å². The van der Waals surface area contributed by atoms with Crippen molar-refractivity contribution in [3.63, 3.8) is 0 Å². The maximum Gasteiger partial charge on any atom is 0.323 e. The second kappa shape index (κ2) is 7.99. The van der Waals surface area contributed by atoms with Gasteiger partial charge >= 0.3 is 5.97 Å². The van der Waals surface area contributed by atoms with Gasteiger partial charge in [-0.25, -0.2) is 0 Å². The van der Waals surface area contributed by atoms with Gasteiger partial charge in [-0.05, 0) is 52.6 Å². The number of carboxylic acid groups (broad SMARTS) is 1. The van der Waals surface area contributed by atoms with E-state index in [-0.39, 0.29) is 0 Å². The Hall–Kier alpha value is -0.610. The SMILES string of the molecule is CCCCCN(C(C)C)C1CCC(NCC)(C(=O)O)C1. The Balaban J connectivity index is 2.68. The van der Waals surface area contributed by atoms with Crippen LogP contribution in [-0.4, -0.2) is 46.7 Å². The Morgan fingerprint density at radius 3 is 2.60 bits per heavy atom. The normalized spacial score (nSPS) is 26.6. The van der Waals surface area contributed by atoms with Gasteiger partial charge in [-0.1, -0.05) is 26.7 Å². The first-order valence-electron chi connectivity index (χ1n) is 8.21. The topological polar surface area (TPSA) is 52.6 Å². The quantitative estimate of drug-likeness (QED) is 0.639. The predicted molar refractivity (Wildman–Crippen MR) is 83.0 cm³/mol. The number of hydrogen-bond donors (Lipinski definition) is 2. The molecule has 1 rings (SSSR count). The molecule has 2 N–H and O–H groups in total. The number of hydrogen-bond acceptors (Lipinski definition) is 3. The minimum Gasteiger partial charge on any atom is -0.480 e. The number of nitrogens with zero attached hydrogens (tertiary/aromatic N) is 1. The van der Waals surface area contributed by atoms with E-state index >= 15 is 0 Å². The van der Waals surface area contributed by atoms with E-state index in [1.165, 1.54) is 19.3 Å². The van der Waals surface area contributed by atoms with Crippen LogP contribution < -0.4 is 5.32 Å². The molecular weight excluding hydrogens is 252 g/mol. The number of unbranched alkanes of at least 4 members (excludes halogenated alkanes) is 2. The predicted octanol–water partition coefficient (Wildman–Crippen LogP) is 2.87. The molecule has 2 unspecified atom stereocenters. The average Bonchev–Trinajstić information content (AvgIpc) is 2.80. The summed E-state index contributed by atoms with van der Waals surface area (Å²) in [6.45, 7) is 10.5. The lowest BCUT2D eigenvalue weighted by Crippen LogP contribution is -2.51. The molecule has 2 atom stereocenters. The van der Waals surface area contributed by atoms with Crippen LogP contribution in [-0.2, 0) is 4.79 Å². The van der Waals surface area contributed by atoms with E-state index in [0.29, 0.717) is 12.1 Å². The first kappa shape index (κ1) is 17.4. The highest BCUT2D eigenvalue weighted by atomic mass is 16.4. The van der Waals surface area contributed by atoms with E-state index < -0.39 is 11.5 Å². The Kier molecular flexibility index (Phi) is 6.96. The van der Waals surface area contributed by atoms with E-state index in [1.54, 1.807) is 0 Å².